The lowest BCUT2D eigenvalue weighted by molar-refractivity contribution is 0.145. The number of hydrogen-bond donors (Lipinski definition) is 0. The van der Waals surface area contributed by atoms with Crippen LogP contribution in [0, 0.1) is 11.3 Å². The van der Waals surface area contributed by atoms with Crippen LogP contribution < -0.4 is 4.74 Å². The van der Waals surface area contributed by atoms with E-state index in [1.807, 2.05) is 0 Å². The minimum absolute atomic E-state index is 0.136. The Balaban J connectivity index is 2.53. The van der Waals surface area contributed by atoms with Gasteiger partial charge in [0.05, 0.1) is 12.8 Å². The number of aromatic nitrogens is 2. The Morgan fingerprint density at radius 2 is 2.00 bits per heavy atom. The molecule has 0 amide bonds. The Bertz CT molecular complexity index is 632. The molecule has 1 aromatic heterocycles. The maximum absolute atomic E-state index is 12.7. The Morgan fingerprint density at radius 1 is 1.37 bits per heavy atom. The van der Waals surface area contributed by atoms with E-state index in [0.29, 0.717) is 11.4 Å². The van der Waals surface area contributed by atoms with Gasteiger partial charge in [-0.05, 0) is 24.3 Å². The first-order valence-corrected chi connectivity index (χ1v) is 5.57. The fourth-order valence-electron chi connectivity index (χ4n) is 1.56. The van der Waals surface area contributed by atoms with Crippen LogP contribution >= 0.6 is 11.6 Å². The lowest BCUT2D eigenvalue weighted by Crippen LogP contribution is -1.97. The summed E-state index contributed by atoms with van der Waals surface area (Å²) in [6.07, 6.45) is -2.85. The van der Waals surface area contributed by atoms with Crippen molar-refractivity contribution in [2.45, 2.75) is 6.43 Å². The van der Waals surface area contributed by atoms with E-state index >= 15 is 0 Å². The van der Waals surface area contributed by atoms with Crippen LogP contribution in [-0.2, 0) is 0 Å². The third kappa shape index (κ3) is 2.37. The zero-order chi connectivity index (χ0) is 14.0. The highest BCUT2D eigenvalue weighted by Crippen LogP contribution is 2.29. The summed E-state index contributed by atoms with van der Waals surface area (Å²) < 4.78 is 31.6. The molecule has 0 atom stereocenters. The van der Waals surface area contributed by atoms with Gasteiger partial charge in [0.2, 0.25) is 0 Å². The fraction of sp³-hybridized carbons (Fsp3) is 0.167. The van der Waals surface area contributed by atoms with Gasteiger partial charge in [-0.15, -0.1) is 0 Å². The SMILES string of the molecule is COc1ccc(-n2nc(C(F)F)c(C#N)c2Cl)cc1. The summed E-state index contributed by atoms with van der Waals surface area (Å²) in [4.78, 5) is 0. The van der Waals surface area contributed by atoms with Gasteiger partial charge in [0.25, 0.3) is 6.43 Å². The molecule has 0 aliphatic carbocycles. The number of methoxy groups -OCH3 is 1. The molecule has 0 fully saturated rings. The van der Waals surface area contributed by atoms with Gasteiger partial charge < -0.3 is 4.74 Å². The summed E-state index contributed by atoms with van der Waals surface area (Å²) in [5.41, 5.74) is -0.468. The normalized spacial score (nSPS) is 10.5. The fourth-order valence-corrected chi connectivity index (χ4v) is 1.84. The number of nitriles is 1. The molecule has 2 aromatic rings. The quantitative estimate of drug-likeness (QED) is 0.868. The molecule has 0 spiro atoms. The van der Waals surface area contributed by atoms with Crippen molar-refractivity contribution in [3.05, 3.63) is 40.7 Å². The maximum atomic E-state index is 12.7. The summed E-state index contributed by atoms with van der Waals surface area (Å²) in [6.45, 7) is 0. The van der Waals surface area contributed by atoms with Crippen molar-refractivity contribution in [1.82, 2.24) is 9.78 Å². The molecule has 19 heavy (non-hydrogen) atoms. The van der Waals surface area contributed by atoms with Crippen LogP contribution in [0.2, 0.25) is 5.15 Å². The smallest absolute Gasteiger partial charge is 0.283 e. The molecule has 1 heterocycles. The second-order valence-corrected chi connectivity index (χ2v) is 3.93. The monoisotopic (exact) mass is 283 g/mol. The number of alkyl halides is 2. The van der Waals surface area contributed by atoms with Gasteiger partial charge in [0, 0.05) is 0 Å². The molecule has 98 valence electrons. The van der Waals surface area contributed by atoms with Gasteiger partial charge in [-0.3, -0.25) is 0 Å². The average molecular weight is 284 g/mol. The summed E-state index contributed by atoms with van der Waals surface area (Å²) in [5, 5.41) is 12.4. The van der Waals surface area contributed by atoms with Crippen LogP contribution in [0.15, 0.2) is 24.3 Å². The number of halogens is 3. The molecule has 1 aromatic carbocycles. The highest BCUT2D eigenvalue weighted by Gasteiger charge is 2.23. The van der Waals surface area contributed by atoms with E-state index in [9.17, 15) is 8.78 Å². The molecular formula is C12H8ClF2N3O. The van der Waals surface area contributed by atoms with E-state index < -0.39 is 12.1 Å². The van der Waals surface area contributed by atoms with E-state index in [-0.39, 0.29) is 10.7 Å². The minimum Gasteiger partial charge on any atom is -0.497 e. The Labute approximate surface area is 112 Å². The number of benzene rings is 1. The third-order valence-electron chi connectivity index (χ3n) is 2.49. The summed E-state index contributed by atoms with van der Waals surface area (Å²) in [5.74, 6) is 0.613. The van der Waals surface area contributed by atoms with Crippen molar-refractivity contribution < 1.29 is 13.5 Å². The van der Waals surface area contributed by atoms with Gasteiger partial charge in [0.1, 0.15) is 23.1 Å². The van der Waals surface area contributed by atoms with Crippen molar-refractivity contribution in [2.75, 3.05) is 7.11 Å². The van der Waals surface area contributed by atoms with Crippen LogP contribution in [0.3, 0.4) is 0 Å². The topological polar surface area (TPSA) is 50.8 Å². The van der Waals surface area contributed by atoms with Gasteiger partial charge in [-0.1, -0.05) is 11.6 Å². The Hall–Kier alpha value is -2.13. The summed E-state index contributed by atoms with van der Waals surface area (Å²) >= 11 is 5.90. The van der Waals surface area contributed by atoms with E-state index in [1.165, 1.54) is 7.11 Å². The van der Waals surface area contributed by atoms with Gasteiger partial charge in [-0.2, -0.15) is 10.4 Å². The third-order valence-corrected chi connectivity index (χ3v) is 2.84. The first-order chi connectivity index (χ1) is 9.08. The number of nitrogens with zero attached hydrogens (tertiary/aromatic N) is 3. The molecule has 0 bridgehead atoms. The zero-order valence-electron chi connectivity index (χ0n) is 9.77. The Kier molecular flexibility index (Phi) is 3.67. The molecule has 0 saturated carbocycles. The predicted octanol–water partition coefficient (Wildman–Crippen LogP) is 3.34. The summed E-state index contributed by atoms with van der Waals surface area (Å²) in [6, 6.07) is 8.13. The first-order valence-electron chi connectivity index (χ1n) is 5.19. The lowest BCUT2D eigenvalue weighted by atomic mass is 10.3. The average Bonchev–Trinajstić information content (AvgIpc) is 2.76. The molecule has 0 aliphatic heterocycles. The van der Waals surface area contributed by atoms with E-state index in [4.69, 9.17) is 21.6 Å². The zero-order valence-corrected chi connectivity index (χ0v) is 10.5. The number of hydrogen-bond acceptors (Lipinski definition) is 3. The van der Waals surface area contributed by atoms with E-state index in [2.05, 4.69) is 5.10 Å². The lowest BCUT2D eigenvalue weighted by Gasteiger charge is -2.04. The van der Waals surface area contributed by atoms with Crippen molar-refractivity contribution in [3.8, 4) is 17.5 Å². The molecule has 4 nitrogen and oxygen atoms in total. The predicted molar refractivity (Wildman–Crippen MR) is 64.8 cm³/mol. The largest absolute Gasteiger partial charge is 0.497 e. The van der Waals surface area contributed by atoms with Crippen molar-refractivity contribution in [3.63, 3.8) is 0 Å². The van der Waals surface area contributed by atoms with Crippen molar-refractivity contribution >= 4 is 11.6 Å². The number of ether oxygens (including phenoxy) is 1. The van der Waals surface area contributed by atoms with Crippen molar-refractivity contribution in [2.24, 2.45) is 0 Å². The van der Waals surface area contributed by atoms with Gasteiger partial charge >= 0.3 is 0 Å². The van der Waals surface area contributed by atoms with E-state index in [0.717, 1.165) is 4.68 Å². The molecule has 0 N–H and O–H groups in total. The molecule has 0 aliphatic rings. The van der Waals surface area contributed by atoms with Gasteiger partial charge in [-0.25, -0.2) is 13.5 Å². The van der Waals surface area contributed by atoms with Crippen LogP contribution in [0.4, 0.5) is 8.78 Å². The molecule has 0 radical (unpaired) electrons. The van der Waals surface area contributed by atoms with Gasteiger partial charge in [0.15, 0.2) is 5.15 Å². The van der Waals surface area contributed by atoms with Crippen LogP contribution in [-0.4, -0.2) is 16.9 Å². The second kappa shape index (κ2) is 5.24. The van der Waals surface area contributed by atoms with Crippen LogP contribution in [0.25, 0.3) is 5.69 Å². The minimum atomic E-state index is -2.85. The summed E-state index contributed by atoms with van der Waals surface area (Å²) in [7, 11) is 1.51. The molecule has 0 saturated heterocycles. The molecule has 0 unspecified atom stereocenters. The van der Waals surface area contributed by atoms with E-state index in [1.54, 1.807) is 30.3 Å². The standard InChI is InChI=1S/C12H8ClF2N3O/c1-19-8-4-2-7(3-5-8)18-11(13)9(6-16)10(17-18)12(14)15/h2-5,12H,1H3. The molecule has 2 rings (SSSR count). The number of rotatable bonds is 3. The highest BCUT2D eigenvalue weighted by atomic mass is 35.5. The van der Waals surface area contributed by atoms with Crippen LogP contribution in [0.1, 0.15) is 17.7 Å². The second-order valence-electron chi connectivity index (χ2n) is 3.57. The molecule has 7 heteroatoms. The first kappa shape index (κ1) is 13.3. The Morgan fingerprint density at radius 3 is 2.42 bits per heavy atom. The van der Waals surface area contributed by atoms with Crippen LogP contribution in [0.5, 0.6) is 5.75 Å². The maximum Gasteiger partial charge on any atom is 0.283 e. The molecular weight excluding hydrogens is 276 g/mol. The highest BCUT2D eigenvalue weighted by molar-refractivity contribution is 6.31. The van der Waals surface area contributed by atoms with Crippen molar-refractivity contribution in [1.29, 1.82) is 5.26 Å².